The quantitative estimate of drug-likeness (QED) is 0.656. The van der Waals surface area contributed by atoms with E-state index in [2.05, 4.69) is 15.3 Å². The molecule has 76 valence electrons. The number of carbonyl (C=O) groups excluding carboxylic acids is 1. The van der Waals surface area contributed by atoms with Crippen LogP contribution >= 0.6 is 0 Å². The molecule has 1 saturated heterocycles. The van der Waals surface area contributed by atoms with Crippen LogP contribution in [0.25, 0.3) is 0 Å². The fourth-order valence-electron chi connectivity index (χ4n) is 1.41. The average Bonchev–Trinajstić information content (AvgIpc) is 2.23. The molecule has 0 bridgehead atoms. The van der Waals surface area contributed by atoms with E-state index < -0.39 is 0 Å². The Morgan fingerprint density at radius 1 is 1.67 bits per heavy atom. The van der Waals surface area contributed by atoms with Crippen LogP contribution in [0.4, 0.5) is 5.95 Å². The Bertz CT molecular complexity index is 407. The van der Waals surface area contributed by atoms with E-state index in [0.29, 0.717) is 31.1 Å². The van der Waals surface area contributed by atoms with E-state index in [4.69, 9.17) is 5.26 Å². The zero-order valence-electron chi connectivity index (χ0n) is 7.92. The molecule has 1 aliphatic rings. The van der Waals surface area contributed by atoms with Crippen LogP contribution in [0.5, 0.6) is 0 Å². The van der Waals surface area contributed by atoms with Crippen molar-refractivity contribution in [2.24, 2.45) is 0 Å². The van der Waals surface area contributed by atoms with Gasteiger partial charge in [0.25, 0.3) is 0 Å². The maximum atomic E-state index is 10.1. The van der Waals surface area contributed by atoms with E-state index >= 15 is 0 Å². The van der Waals surface area contributed by atoms with Gasteiger partial charge in [-0.3, -0.25) is 4.79 Å². The van der Waals surface area contributed by atoms with Gasteiger partial charge in [-0.05, 0) is 6.07 Å². The molecule has 1 N–H and O–H groups in total. The highest BCUT2D eigenvalue weighted by Crippen LogP contribution is 2.15. The Hall–Kier alpha value is -2.16. The lowest BCUT2D eigenvalue weighted by molar-refractivity contribution is -0.110. The zero-order valence-corrected chi connectivity index (χ0v) is 7.92. The first-order chi connectivity index (χ1) is 7.33. The molecule has 0 unspecified atom stereocenters. The van der Waals surface area contributed by atoms with Crippen LogP contribution in [0.3, 0.4) is 0 Å². The van der Waals surface area contributed by atoms with Crippen molar-refractivity contribution in [2.45, 2.75) is 6.04 Å². The molecule has 2 rings (SSSR count). The molecule has 6 nitrogen and oxygen atoms in total. The number of nitrogens with one attached hydrogen (secondary N) is 1. The Morgan fingerprint density at radius 3 is 3.13 bits per heavy atom. The summed E-state index contributed by atoms with van der Waals surface area (Å²) in [5.74, 6) is 0.540. The number of aromatic nitrogens is 2. The molecular weight excluding hydrogens is 194 g/mol. The molecule has 2 heterocycles. The predicted molar refractivity (Wildman–Crippen MR) is 51.9 cm³/mol. The fraction of sp³-hybridized carbons (Fsp3) is 0.333. The second-order valence-electron chi connectivity index (χ2n) is 3.24. The van der Waals surface area contributed by atoms with Gasteiger partial charge in [0, 0.05) is 19.3 Å². The van der Waals surface area contributed by atoms with Crippen molar-refractivity contribution in [1.29, 1.82) is 5.26 Å². The highest BCUT2D eigenvalue weighted by molar-refractivity contribution is 5.49. The first-order valence-corrected chi connectivity index (χ1v) is 4.51. The SMILES string of the molecule is N#Cc1ccnc(N2CC(NC=O)C2)n1. The highest BCUT2D eigenvalue weighted by atomic mass is 16.1. The molecule has 0 radical (unpaired) electrons. The third-order valence-corrected chi connectivity index (χ3v) is 2.23. The molecule has 6 heteroatoms. The van der Waals surface area contributed by atoms with Crippen LogP contribution in [0.1, 0.15) is 5.69 Å². The van der Waals surface area contributed by atoms with Gasteiger partial charge in [-0.15, -0.1) is 0 Å². The summed E-state index contributed by atoms with van der Waals surface area (Å²) in [6.07, 6.45) is 2.25. The summed E-state index contributed by atoms with van der Waals surface area (Å²) in [6, 6.07) is 3.68. The molecule has 1 fully saturated rings. The van der Waals surface area contributed by atoms with E-state index in [1.54, 1.807) is 12.3 Å². The Morgan fingerprint density at radius 2 is 2.47 bits per heavy atom. The van der Waals surface area contributed by atoms with E-state index in [0.717, 1.165) is 0 Å². The van der Waals surface area contributed by atoms with Crippen LogP contribution in [0, 0.1) is 11.3 Å². The highest BCUT2D eigenvalue weighted by Gasteiger charge is 2.28. The molecule has 1 aromatic heterocycles. The molecule has 15 heavy (non-hydrogen) atoms. The van der Waals surface area contributed by atoms with E-state index in [1.807, 2.05) is 11.0 Å². The monoisotopic (exact) mass is 203 g/mol. The number of amides is 1. The summed E-state index contributed by atoms with van der Waals surface area (Å²) in [5, 5.41) is 11.3. The molecule has 1 amide bonds. The minimum absolute atomic E-state index is 0.164. The van der Waals surface area contributed by atoms with Gasteiger partial charge in [-0.1, -0.05) is 0 Å². The number of rotatable bonds is 3. The molecule has 0 aromatic carbocycles. The van der Waals surface area contributed by atoms with Crippen molar-refractivity contribution in [3.05, 3.63) is 18.0 Å². The lowest BCUT2D eigenvalue weighted by Crippen LogP contribution is -2.58. The molecule has 0 spiro atoms. The van der Waals surface area contributed by atoms with Crippen LogP contribution in [-0.2, 0) is 4.79 Å². The lowest BCUT2D eigenvalue weighted by atomic mass is 10.1. The predicted octanol–water partition coefficient (Wildman–Crippen LogP) is -0.717. The van der Waals surface area contributed by atoms with Crippen molar-refractivity contribution < 1.29 is 4.79 Å². The van der Waals surface area contributed by atoms with Gasteiger partial charge in [-0.2, -0.15) is 5.26 Å². The topological polar surface area (TPSA) is 81.9 Å². The lowest BCUT2D eigenvalue weighted by Gasteiger charge is -2.38. The minimum atomic E-state index is 0.164. The van der Waals surface area contributed by atoms with Gasteiger partial charge in [0.1, 0.15) is 11.8 Å². The van der Waals surface area contributed by atoms with Crippen molar-refractivity contribution in [3.8, 4) is 6.07 Å². The third kappa shape index (κ3) is 1.86. The van der Waals surface area contributed by atoms with Gasteiger partial charge < -0.3 is 10.2 Å². The smallest absolute Gasteiger partial charge is 0.226 e. The summed E-state index contributed by atoms with van der Waals surface area (Å²) in [4.78, 5) is 20.1. The number of nitriles is 1. The Kier molecular flexibility index (Phi) is 2.46. The number of carbonyl (C=O) groups is 1. The second-order valence-corrected chi connectivity index (χ2v) is 3.24. The number of hydrogen-bond acceptors (Lipinski definition) is 5. The molecule has 1 aromatic rings. The largest absolute Gasteiger partial charge is 0.352 e. The van der Waals surface area contributed by atoms with Crippen molar-refractivity contribution >= 4 is 12.4 Å². The molecule has 0 aliphatic carbocycles. The summed E-state index contributed by atoms with van der Waals surface area (Å²) < 4.78 is 0. The maximum Gasteiger partial charge on any atom is 0.226 e. The van der Waals surface area contributed by atoms with E-state index in [1.165, 1.54) is 0 Å². The van der Waals surface area contributed by atoms with Crippen molar-refractivity contribution in [3.63, 3.8) is 0 Å². The van der Waals surface area contributed by atoms with Crippen molar-refractivity contribution in [2.75, 3.05) is 18.0 Å². The summed E-state index contributed by atoms with van der Waals surface area (Å²) in [7, 11) is 0. The van der Waals surface area contributed by atoms with E-state index in [9.17, 15) is 4.79 Å². The molecule has 0 saturated carbocycles. The van der Waals surface area contributed by atoms with Gasteiger partial charge in [0.2, 0.25) is 12.4 Å². The van der Waals surface area contributed by atoms with Crippen LogP contribution in [-0.4, -0.2) is 35.5 Å². The van der Waals surface area contributed by atoms with Gasteiger partial charge in [0.05, 0.1) is 6.04 Å². The normalized spacial score (nSPS) is 15.3. The summed E-state index contributed by atoms with van der Waals surface area (Å²) in [5.41, 5.74) is 0.354. The number of anilines is 1. The van der Waals surface area contributed by atoms with Gasteiger partial charge in [-0.25, -0.2) is 9.97 Å². The Balaban J connectivity index is 2.01. The van der Waals surface area contributed by atoms with E-state index in [-0.39, 0.29) is 6.04 Å². The van der Waals surface area contributed by atoms with Crippen molar-refractivity contribution in [1.82, 2.24) is 15.3 Å². The summed E-state index contributed by atoms with van der Waals surface area (Å²) >= 11 is 0. The molecule has 0 atom stereocenters. The standard InChI is InChI=1S/C9H9N5O/c10-3-7-1-2-11-9(13-7)14-4-8(5-14)12-6-15/h1-2,6,8H,4-5H2,(H,12,15). The first-order valence-electron chi connectivity index (χ1n) is 4.51. The zero-order chi connectivity index (χ0) is 10.7. The summed E-state index contributed by atoms with van der Waals surface area (Å²) in [6.45, 7) is 1.38. The maximum absolute atomic E-state index is 10.1. The second kappa shape index (κ2) is 3.92. The van der Waals surface area contributed by atoms with Crippen LogP contribution in [0.15, 0.2) is 12.3 Å². The first kappa shape index (κ1) is 9.40. The fourth-order valence-corrected chi connectivity index (χ4v) is 1.41. The molecular formula is C9H9N5O. The molecule has 1 aliphatic heterocycles. The third-order valence-electron chi connectivity index (χ3n) is 2.23. The average molecular weight is 203 g/mol. The van der Waals surface area contributed by atoms with Crippen LogP contribution < -0.4 is 10.2 Å². The number of hydrogen-bond donors (Lipinski definition) is 1. The van der Waals surface area contributed by atoms with Gasteiger partial charge in [0.15, 0.2) is 0 Å². The number of nitrogens with zero attached hydrogens (tertiary/aromatic N) is 4. The minimum Gasteiger partial charge on any atom is -0.352 e. The van der Waals surface area contributed by atoms with Gasteiger partial charge >= 0.3 is 0 Å². The van der Waals surface area contributed by atoms with Crippen LogP contribution in [0.2, 0.25) is 0 Å². The Labute approximate surface area is 86.6 Å².